The first kappa shape index (κ1) is 7.85. The summed E-state index contributed by atoms with van der Waals surface area (Å²) < 4.78 is 0. The topological polar surface area (TPSA) is 41.8 Å². The molecule has 14 heavy (non-hydrogen) atoms. The van der Waals surface area contributed by atoms with Crippen LogP contribution >= 0.6 is 0 Å². The fourth-order valence-electron chi connectivity index (χ4n) is 2.32. The molecule has 3 rings (SSSR count). The van der Waals surface area contributed by atoms with E-state index in [0.717, 1.165) is 17.6 Å². The minimum atomic E-state index is 0.109. The van der Waals surface area contributed by atoms with Gasteiger partial charge in [-0.25, -0.2) is 0 Å². The lowest BCUT2D eigenvalue weighted by Gasteiger charge is -2.20. The van der Waals surface area contributed by atoms with Crippen LogP contribution < -0.4 is 0 Å². The highest BCUT2D eigenvalue weighted by Gasteiger charge is 2.36. The summed E-state index contributed by atoms with van der Waals surface area (Å²) in [5.41, 5.74) is 4.14. The largest absolute Gasteiger partial charge is 0.292 e. The van der Waals surface area contributed by atoms with Crippen LogP contribution in [0.2, 0.25) is 0 Å². The van der Waals surface area contributed by atoms with Gasteiger partial charge in [0.25, 0.3) is 0 Å². The minimum absolute atomic E-state index is 0.109. The van der Waals surface area contributed by atoms with E-state index in [4.69, 9.17) is 0 Å². The van der Waals surface area contributed by atoms with Crippen LogP contribution in [0.4, 0.5) is 0 Å². The Kier molecular flexibility index (Phi) is 1.40. The second-order valence-electron chi connectivity index (χ2n) is 3.87. The van der Waals surface area contributed by atoms with Gasteiger partial charge in [0.05, 0.1) is 6.04 Å². The molecule has 3 nitrogen and oxygen atoms in total. The van der Waals surface area contributed by atoms with Crippen molar-refractivity contribution in [1.29, 1.82) is 0 Å². The molecule has 0 N–H and O–H groups in total. The molecule has 0 aromatic rings. The van der Waals surface area contributed by atoms with Gasteiger partial charge in [-0.3, -0.25) is 14.8 Å². The molecule has 1 aliphatic carbocycles. The van der Waals surface area contributed by atoms with Crippen molar-refractivity contribution in [2.75, 3.05) is 0 Å². The van der Waals surface area contributed by atoms with Crippen molar-refractivity contribution in [1.82, 2.24) is 0 Å². The average molecular weight is 186 g/mol. The Hall–Kier alpha value is -1.51. The van der Waals surface area contributed by atoms with Crippen molar-refractivity contribution >= 4 is 17.7 Å². The zero-order valence-corrected chi connectivity index (χ0v) is 7.95. The number of hydrogen-bond acceptors (Lipinski definition) is 3. The second-order valence-corrected chi connectivity index (χ2v) is 3.87. The Morgan fingerprint density at radius 3 is 3.21 bits per heavy atom. The van der Waals surface area contributed by atoms with E-state index < -0.39 is 0 Å². The summed E-state index contributed by atoms with van der Waals surface area (Å²) in [4.78, 5) is 20.2. The van der Waals surface area contributed by atoms with Gasteiger partial charge in [-0.2, -0.15) is 0 Å². The molecule has 0 saturated carbocycles. The van der Waals surface area contributed by atoms with Crippen LogP contribution in [0, 0.1) is 0 Å². The summed E-state index contributed by atoms with van der Waals surface area (Å²) in [6.07, 6.45) is 5.10. The Morgan fingerprint density at radius 1 is 1.50 bits per heavy atom. The van der Waals surface area contributed by atoms with Crippen LogP contribution in [0.15, 0.2) is 32.9 Å². The molecule has 2 aliphatic heterocycles. The lowest BCUT2D eigenvalue weighted by atomic mass is 9.84. The molecule has 0 aromatic heterocycles. The number of rotatable bonds is 0. The van der Waals surface area contributed by atoms with Crippen molar-refractivity contribution in [2.45, 2.75) is 25.8 Å². The van der Waals surface area contributed by atoms with Crippen LogP contribution in [0.5, 0.6) is 0 Å². The highest BCUT2D eigenvalue weighted by molar-refractivity contribution is 6.49. The molecule has 70 valence electrons. The maximum atomic E-state index is 11.7. The summed E-state index contributed by atoms with van der Waals surface area (Å²) in [6, 6.07) is 0.109. The summed E-state index contributed by atoms with van der Waals surface area (Å²) in [6.45, 7) is 2.01. The first-order valence-corrected chi connectivity index (χ1v) is 4.80. The third-order valence-corrected chi connectivity index (χ3v) is 2.98. The predicted octanol–water partition coefficient (Wildman–Crippen LogP) is 1.46. The van der Waals surface area contributed by atoms with Gasteiger partial charge in [0, 0.05) is 30.8 Å². The summed E-state index contributed by atoms with van der Waals surface area (Å²) in [5, 5.41) is 0. The van der Waals surface area contributed by atoms with Crippen molar-refractivity contribution in [3.05, 3.63) is 22.9 Å². The molecule has 1 atom stereocenters. The standard InChI is InChI=1S/C11H10N2O/c1-6-5-13-11-9(14)4-8-7(10(6)11)2-3-12-8/h3,5,8H,2,4H2,1H3. The van der Waals surface area contributed by atoms with E-state index in [-0.39, 0.29) is 11.8 Å². The van der Waals surface area contributed by atoms with E-state index >= 15 is 0 Å². The molecule has 0 spiro atoms. The maximum absolute atomic E-state index is 11.7. The van der Waals surface area contributed by atoms with Crippen LogP contribution in [0.25, 0.3) is 0 Å². The first-order chi connectivity index (χ1) is 6.77. The van der Waals surface area contributed by atoms with Gasteiger partial charge < -0.3 is 0 Å². The molecule has 0 aromatic carbocycles. The quantitative estimate of drug-likeness (QED) is 0.564. The number of allylic oxidation sites excluding steroid dienone is 2. The summed E-state index contributed by atoms with van der Waals surface area (Å²) in [5.74, 6) is 0.140. The van der Waals surface area contributed by atoms with Crippen molar-refractivity contribution in [3.63, 3.8) is 0 Å². The normalized spacial score (nSPS) is 28.9. The highest BCUT2D eigenvalue weighted by Crippen LogP contribution is 2.35. The zero-order chi connectivity index (χ0) is 9.71. The summed E-state index contributed by atoms with van der Waals surface area (Å²) in [7, 11) is 0. The molecule has 0 amide bonds. The Bertz CT molecular complexity index is 452. The van der Waals surface area contributed by atoms with E-state index in [0.29, 0.717) is 12.1 Å². The number of nitrogens with zero attached hydrogens (tertiary/aromatic N) is 2. The highest BCUT2D eigenvalue weighted by atomic mass is 16.1. The monoisotopic (exact) mass is 186 g/mol. The number of ketones is 1. The molecule has 0 bridgehead atoms. The van der Waals surface area contributed by atoms with Gasteiger partial charge in [-0.05, 0) is 18.1 Å². The molecule has 0 saturated heterocycles. The third kappa shape index (κ3) is 0.842. The lowest BCUT2D eigenvalue weighted by molar-refractivity contribution is -0.113. The van der Waals surface area contributed by atoms with Gasteiger partial charge in [0.15, 0.2) is 5.78 Å². The number of hydrogen-bond donors (Lipinski definition) is 0. The van der Waals surface area contributed by atoms with E-state index in [9.17, 15) is 4.79 Å². The van der Waals surface area contributed by atoms with Gasteiger partial charge in [0.1, 0.15) is 5.71 Å². The fraction of sp³-hybridized carbons (Fsp3) is 0.364. The van der Waals surface area contributed by atoms with E-state index in [1.807, 2.05) is 13.1 Å². The van der Waals surface area contributed by atoms with Gasteiger partial charge in [0.2, 0.25) is 0 Å². The average Bonchev–Trinajstić information content (AvgIpc) is 2.71. The minimum Gasteiger partial charge on any atom is -0.292 e. The zero-order valence-electron chi connectivity index (χ0n) is 7.95. The van der Waals surface area contributed by atoms with E-state index in [1.165, 1.54) is 5.57 Å². The molecule has 1 unspecified atom stereocenters. The first-order valence-electron chi connectivity index (χ1n) is 4.80. The van der Waals surface area contributed by atoms with E-state index in [1.54, 1.807) is 6.20 Å². The Morgan fingerprint density at radius 2 is 2.36 bits per heavy atom. The SMILES string of the molecule is CC1=CN=C2C(=O)CC3N=CCC3=C12. The third-order valence-electron chi connectivity index (χ3n) is 2.98. The van der Waals surface area contributed by atoms with Crippen LogP contribution in [-0.2, 0) is 4.79 Å². The number of fused-ring (bicyclic) bond motifs is 2. The van der Waals surface area contributed by atoms with Crippen molar-refractivity contribution in [2.24, 2.45) is 9.98 Å². The van der Waals surface area contributed by atoms with Crippen LogP contribution in [-0.4, -0.2) is 23.8 Å². The van der Waals surface area contributed by atoms with Crippen molar-refractivity contribution < 1.29 is 4.79 Å². The van der Waals surface area contributed by atoms with E-state index in [2.05, 4.69) is 9.98 Å². The number of aliphatic imine (C=N–C) groups is 2. The molecule has 3 aliphatic rings. The number of carbonyl (C=O) groups is 1. The fourth-order valence-corrected chi connectivity index (χ4v) is 2.32. The van der Waals surface area contributed by atoms with Gasteiger partial charge in [-0.1, -0.05) is 0 Å². The lowest BCUT2D eigenvalue weighted by Crippen LogP contribution is -2.28. The number of Topliss-reactive ketones (excluding diaryl/α,β-unsaturated/α-hetero) is 1. The smallest absolute Gasteiger partial charge is 0.184 e. The maximum Gasteiger partial charge on any atom is 0.184 e. The molecule has 2 heterocycles. The number of carbonyl (C=O) groups excluding carboxylic acids is 1. The molecule has 0 fully saturated rings. The van der Waals surface area contributed by atoms with Crippen molar-refractivity contribution in [3.8, 4) is 0 Å². The molecule has 0 radical (unpaired) electrons. The Balaban J connectivity index is 2.21. The molecular formula is C11H10N2O. The Labute approximate surface area is 81.9 Å². The predicted molar refractivity (Wildman–Crippen MR) is 54.7 cm³/mol. The van der Waals surface area contributed by atoms with Gasteiger partial charge in [-0.15, -0.1) is 0 Å². The second kappa shape index (κ2) is 2.50. The molecule has 3 heteroatoms. The van der Waals surface area contributed by atoms with Gasteiger partial charge >= 0.3 is 0 Å². The van der Waals surface area contributed by atoms with Crippen LogP contribution in [0.3, 0.4) is 0 Å². The summed E-state index contributed by atoms with van der Waals surface area (Å²) >= 11 is 0. The molecular weight excluding hydrogens is 176 g/mol. The van der Waals surface area contributed by atoms with Crippen LogP contribution in [0.1, 0.15) is 19.8 Å².